The number of rotatable bonds is 15. The summed E-state index contributed by atoms with van der Waals surface area (Å²) in [7, 11) is 0. The number of nitrogens with one attached hydrogen (secondary N) is 2. The monoisotopic (exact) mass is 692 g/mol. The van der Waals surface area contributed by atoms with Gasteiger partial charge in [0.05, 0.1) is 22.8 Å². The number of Topliss-reactive ketones (excluding diaryl/α,β-unsaturated/α-hetero) is 2. The number of hydrogen-bond donors (Lipinski definition) is 2. The number of alkyl halides is 6. The number of ketones is 2. The third-order valence-electron chi connectivity index (χ3n) is 6.74. The number of anilines is 2. The van der Waals surface area contributed by atoms with E-state index in [2.05, 4.69) is 31.0 Å². The maximum Gasteiger partial charge on any atom is 0.456 e. The molecule has 4 aromatic rings. The Labute approximate surface area is 283 Å². The van der Waals surface area contributed by atoms with Crippen molar-refractivity contribution in [3.05, 3.63) is 132 Å². The number of unbranched alkanes of at least 4 members (excludes halogenated alkanes) is 1. The molecular formula is C36H30F6N6O2. The highest BCUT2D eigenvalue weighted by atomic mass is 19.4. The molecule has 0 aliphatic heterocycles. The van der Waals surface area contributed by atoms with E-state index < -0.39 is 35.3 Å². The number of carbonyl (C=O) groups excluding carboxylic acids is 2. The fraction of sp³-hybridized carbons (Fsp3) is 0.167. The Balaban J connectivity index is 1.61. The summed E-state index contributed by atoms with van der Waals surface area (Å²) in [5, 5.41) is 7.61. The summed E-state index contributed by atoms with van der Waals surface area (Å²) in [6, 6.07) is 31.6. The topological polar surface area (TPSA) is 108 Å². The van der Waals surface area contributed by atoms with Gasteiger partial charge in [0.25, 0.3) is 11.6 Å². The van der Waals surface area contributed by atoms with Crippen molar-refractivity contribution in [3.63, 3.8) is 0 Å². The lowest BCUT2D eigenvalue weighted by atomic mass is 10.0. The van der Waals surface area contributed by atoms with Crippen molar-refractivity contribution in [2.45, 2.75) is 25.2 Å². The van der Waals surface area contributed by atoms with Crippen molar-refractivity contribution in [1.82, 2.24) is 0 Å². The number of para-hydroxylation sites is 2. The zero-order valence-corrected chi connectivity index (χ0v) is 26.2. The molecule has 0 aliphatic rings. The maximum absolute atomic E-state index is 13.7. The van der Waals surface area contributed by atoms with E-state index in [-0.39, 0.29) is 48.5 Å². The standard InChI is InChI=1S/C36H30F6N6O2/c37-35(38,39)33(49)31(47-45-27-19-9-3-10-20-27)29(25-15-5-1-6-16-25)43-23-13-14-24-44-30(26-17-7-2-8-18-26)32(34(50)36(40,41)42)48-46-28-21-11-4-12-22-28/h1-12,15-22,45-46H,13-14,23-24H2/b43-29?,44-30?,47-31+,48-32+. The molecule has 0 amide bonds. The number of aliphatic imine (C=N–C) groups is 2. The van der Waals surface area contributed by atoms with Crippen molar-refractivity contribution >= 4 is 45.8 Å². The van der Waals surface area contributed by atoms with Gasteiger partial charge in [0, 0.05) is 24.2 Å². The van der Waals surface area contributed by atoms with Crippen LogP contribution in [0.3, 0.4) is 0 Å². The van der Waals surface area contributed by atoms with Crippen LogP contribution >= 0.6 is 0 Å². The first kappa shape index (κ1) is 36.9. The number of hydrogen-bond acceptors (Lipinski definition) is 8. The Bertz CT molecular complexity index is 1710. The third kappa shape index (κ3) is 10.8. The molecule has 0 aliphatic carbocycles. The Morgan fingerprint density at radius 3 is 1.08 bits per heavy atom. The van der Waals surface area contributed by atoms with Gasteiger partial charge in [-0.05, 0) is 37.1 Å². The van der Waals surface area contributed by atoms with Crippen LogP contribution in [-0.4, -0.2) is 59.9 Å². The molecule has 0 radical (unpaired) electrons. The predicted molar refractivity (Wildman–Crippen MR) is 182 cm³/mol. The van der Waals surface area contributed by atoms with Crippen LogP contribution in [0.15, 0.2) is 142 Å². The van der Waals surface area contributed by atoms with Gasteiger partial charge in [-0.2, -0.15) is 36.5 Å². The van der Waals surface area contributed by atoms with E-state index in [0.717, 1.165) is 0 Å². The second-order valence-corrected chi connectivity index (χ2v) is 10.4. The molecule has 0 saturated heterocycles. The highest BCUT2D eigenvalue weighted by Gasteiger charge is 2.44. The van der Waals surface area contributed by atoms with Crippen LogP contribution in [0.1, 0.15) is 24.0 Å². The molecule has 14 heteroatoms. The zero-order valence-electron chi connectivity index (χ0n) is 26.2. The Morgan fingerprint density at radius 1 is 0.480 bits per heavy atom. The molecule has 50 heavy (non-hydrogen) atoms. The summed E-state index contributed by atoms with van der Waals surface area (Å²) in [6.45, 7) is -0.179. The number of benzene rings is 4. The van der Waals surface area contributed by atoms with Gasteiger partial charge in [-0.1, -0.05) is 97.1 Å². The van der Waals surface area contributed by atoms with Gasteiger partial charge in [0.1, 0.15) is 0 Å². The summed E-state index contributed by atoms with van der Waals surface area (Å²) in [5.74, 6) is -4.41. The second-order valence-electron chi connectivity index (χ2n) is 10.4. The molecule has 0 atom stereocenters. The van der Waals surface area contributed by atoms with Crippen molar-refractivity contribution in [1.29, 1.82) is 0 Å². The van der Waals surface area contributed by atoms with E-state index in [1.807, 2.05) is 0 Å². The largest absolute Gasteiger partial charge is 0.456 e. The third-order valence-corrected chi connectivity index (χ3v) is 6.74. The van der Waals surface area contributed by atoms with Crippen LogP contribution in [0.25, 0.3) is 0 Å². The zero-order chi connectivity index (χ0) is 36.0. The van der Waals surface area contributed by atoms with Crippen molar-refractivity contribution in [3.8, 4) is 0 Å². The Hall–Kier alpha value is -5.92. The molecule has 0 spiro atoms. The van der Waals surface area contributed by atoms with Crippen LogP contribution in [-0.2, 0) is 9.59 Å². The second kappa shape index (κ2) is 17.5. The highest BCUT2D eigenvalue weighted by Crippen LogP contribution is 2.21. The fourth-order valence-electron chi connectivity index (χ4n) is 4.36. The number of nitrogens with zero attached hydrogens (tertiary/aromatic N) is 4. The molecule has 0 saturated carbocycles. The first-order valence-corrected chi connectivity index (χ1v) is 15.2. The molecule has 0 aromatic heterocycles. The van der Waals surface area contributed by atoms with Gasteiger partial charge < -0.3 is 0 Å². The molecule has 4 aromatic carbocycles. The quantitative estimate of drug-likeness (QED) is 0.0571. The van der Waals surface area contributed by atoms with E-state index in [0.29, 0.717) is 11.4 Å². The average molecular weight is 693 g/mol. The normalized spacial score (nSPS) is 13.2. The number of hydrazone groups is 2. The minimum Gasteiger partial charge on any atom is -0.282 e. The van der Waals surface area contributed by atoms with Gasteiger partial charge in [0.2, 0.25) is 0 Å². The number of halogens is 6. The van der Waals surface area contributed by atoms with Crippen LogP contribution in [0.4, 0.5) is 37.7 Å². The molecule has 0 bridgehead atoms. The molecule has 4 rings (SSSR count). The van der Waals surface area contributed by atoms with E-state index in [1.54, 1.807) is 97.1 Å². The highest BCUT2D eigenvalue weighted by molar-refractivity contribution is 6.72. The minimum atomic E-state index is -5.25. The smallest absolute Gasteiger partial charge is 0.282 e. The number of carbonyl (C=O) groups is 2. The van der Waals surface area contributed by atoms with Gasteiger partial charge in [-0.15, -0.1) is 0 Å². The molecular weight excluding hydrogens is 662 g/mol. The van der Waals surface area contributed by atoms with E-state index in [1.165, 1.54) is 24.3 Å². The summed E-state index contributed by atoms with van der Waals surface area (Å²) in [4.78, 5) is 33.8. The minimum absolute atomic E-state index is 0.0894. The van der Waals surface area contributed by atoms with E-state index >= 15 is 0 Å². The average Bonchev–Trinajstić information content (AvgIpc) is 3.11. The lowest BCUT2D eigenvalue weighted by Crippen LogP contribution is -2.37. The maximum atomic E-state index is 13.7. The van der Waals surface area contributed by atoms with Gasteiger partial charge in [0.15, 0.2) is 11.4 Å². The van der Waals surface area contributed by atoms with E-state index in [4.69, 9.17) is 0 Å². The summed E-state index contributed by atoms with van der Waals surface area (Å²) < 4.78 is 82.3. The lowest BCUT2D eigenvalue weighted by molar-refractivity contribution is -0.162. The van der Waals surface area contributed by atoms with Crippen LogP contribution in [0.2, 0.25) is 0 Å². The fourth-order valence-corrected chi connectivity index (χ4v) is 4.36. The van der Waals surface area contributed by atoms with Gasteiger partial charge >= 0.3 is 12.4 Å². The molecule has 258 valence electrons. The van der Waals surface area contributed by atoms with Gasteiger partial charge in [-0.25, -0.2) is 0 Å². The van der Waals surface area contributed by atoms with Crippen LogP contribution in [0.5, 0.6) is 0 Å². The van der Waals surface area contributed by atoms with Crippen LogP contribution in [0, 0.1) is 0 Å². The van der Waals surface area contributed by atoms with Crippen molar-refractivity contribution < 1.29 is 35.9 Å². The first-order chi connectivity index (χ1) is 23.9. The molecule has 8 nitrogen and oxygen atoms in total. The Morgan fingerprint density at radius 2 is 0.780 bits per heavy atom. The first-order valence-electron chi connectivity index (χ1n) is 15.2. The molecule has 2 N–H and O–H groups in total. The van der Waals surface area contributed by atoms with Gasteiger partial charge in [-0.3, -0.25) is 30.4 Å². The van der Waals surface area contributed by atoms with Crippen molar-refractivity contribution in [2.75, 3.05) is 23.9 Å². The lowest BCUT2D eigenvalue weighted by Gasteiger charge is -2.13. The molecule has 0 unspecified atom stereocenters. The summed E-state index contributed by atoms with van der Waals surface area (Å²) in [6.07, 6.45) is -10.1. The summed E-state index contributed by atoms with van der Waals surface area (Å²) >= 11 is 0. The van der Waals surface area contributed by atoms with E-state index in [9.17, 15) is 35.9 Å². The predicted octanol–water partition coefficient (Wildman–Crippen LogP) is 7.94. The summed E-state index contributed by atoms with van der Waals surface area (Å²) in [5.41, 5.74) is 3.55. The molecule has 0 fully saturated rings. The Kier molecular flexibility index (Phi) is 12.9. The van der Waals surface area contributed by atoms with Crippen LogP contribution < -0.4 is 10.9 Å². The van der Waals surface area contributed by atoms with Crippen molar-refractivity contribution in [2.24, 2.45) is 20.2 Å². The molecule has 0 heterocycles. The SMILES string of the molecule is O=C(/C(=N/Nc1ccccc1)C(=NCCCCN=C(/C(=N\Nc1ccccc1)C(=O)C(F)(F)F)c1ccccc1)c1ccccc1)C(F)(F)F.